The lowest BCUT2D eigenvalue weighted by Crippen LogP contribution is -2.19. The molecular weight excluding hydrogens is 362 g/mol. The summed E-state index contributed by atoms with van der Waals surface area (Å²) in [6.07, 6.45) is 0.901. The second-order valence-corrected chi connectivity index (χ2v) is 7.44. The van der Waals surface area contributed by atoms with Gasteiger partial charge in [-0.3, -0.25) is 4.79 Å². The van der Waals surface area contributed by atoms with Crippen LogP contribution >= 0.6 is 11.3 Å². The molecule has 1 aromatic heterocycles. The molecule has 1 amide bonds. The Morgan fingerprint density at radius 2 is 1.96 bits per heavy atom. The van der Waals surface area contributed by atoms with Gasteiger partial charge in [0.25, 0.3) is 5.91 Å². The van der Waals surface area contributed by atoms with Crippen LogP contribution in [0, 0.1) is 24.2 Å². The van der Waals surface area contributed by atoms with Crippen molar-refractivity contribution in [2.24, 2.45) is 10.9 Å². The van der Waals surface area contributed by atoms with Gasteiger partial charge in [0, 0.05) is 17.8 Å². The summed E-state index contributed by atoms with van der Waals surface area (Å²) in [5.74, 6) is -0.329. The Morgan fingerprint density at radius 3 is 2.52 bits per heavy atom. The van der Waals surface area contributed by atoms with Gasteiger partial charge in [-0.05, 0) is 50.5 Å². The predicted molar refractivity (Wildman–Crippen MR) is 104 cm³/mol. The number of nitriles is 1. The molecule has 0 atom stereocenters. The monoisotopic (exact) mass is 385 g/mol. The molecule has 1 heterocycles. The number of rotatable bonds is 6. The Morgan fingerprint density at radius 1 is 1.30 bits per heavy atom. The first kappa shape index (κ1) is 20.6. The van der Waals surface area contributed by atoms with Crippen LogP contribution in [0.2, 0.25) is 0 Å². The molecule has 0 N–H and O–H groups in total. The van der Waals surface area contributed by atoms with Crippen LogP contribution in [0.1, 0.15) is 58.5 Å². The normalized spacial score (nSPS) is 11.5. The Balaban J connectivity index is 2.46. The maximum Gasteiger partial charge on any atom is 0.350 e. The van der Waals surface area contributed by atoms with Crippen molar-refractivity contribution in [3.05, 3.63) is 50.8 Å². The molecule has 7 heteroatoms. The lowest BCUT2D eigenvalue weighted by atomic mass is 10.1. The van der Waals surface area contributed by atoms with E-state index in [1.54, 1.807) is 31.2 Å². The molecule has 2 aromatic rings. The summed E-state index contributed by atoms with van der Waals surface area (Å²) < 4.78 is 7.02. The fourth-order valence-corrected chi connectivity index (χ4v) is 3.49. The van der Waals surface area contributed by atoms with E-state index in [-0.39, 0.29) is 0 Å². The van der Waals surface area contributed by atoms with E-state index in [1.807, 2.05) is 17.6 Å². The standard InChI is InChI=1S/C20H23N3O3S/c1-5-26-19(25)17-14(4)23(11-10-13(2)3)20(27-17)22-18(24)16-8-6-15(12-21)7-9-16/h6-9,13H,5,10-11H2,1-4H3. The molecule has 0 spiro atoms. The SMILES string of the molecule is CCOC(=O)c1sc(=NC(=O)c2ccc(C#N)cc2)n(CCC(C)C)c1C. The summed E-state index contributed by atoms with van der Waals surface area (Å²) in [5.41, 5.74) is 1.63. The molecule has 6 nitrogen and oxygen atoms in total. The van der Waals surface area contributed by atoms with E-state index in [2.05, 4.69) is 18.8 Å². The summed E-state index contributed by atoms with van der Waals surface area (Å²) in [4.78, 5) is 29.9. The Labute approximate surface area is 162 Å². The fraction of sp³-hybridized carbons (Fsp3) is 0.400. The van der Waals surface area contributed by atoms with Crippen molar-refractivity contribution in [1.82, 2.24) is 4.57 Å². The van der Waals surface area contributed by atoms with E-state index in [9.17, 15) is 9.59 Å². The lowest BCUT2D eigenvalue weighted by Gasteiger charge is -2.09. The van der Waals surface area contributed by atoms with E-state index in [4.69, 9.17) is 10.00 Å². The molecule has 0 bridgehead atoms. The van der Waals surface area contributed by atoms with Crippen LogP contribution in [0.3, 0.4) is 0 Å². The molecular formula is C20H23N3O3S. The smallest absolute Gasteiger partial charge is 0.350 e. The largest absolute Gasteiger partial charge is 0.462 e. The number of ether oxygens (including phenoxy) is 1. The highest BCUT2D eigenvalue weighted by Crippen LogP contribution is 2.16. The van der Waals surface area contributed by atoms with Crippen LogP contribution in [0.25, 0.3) is 0 Å². The van der Waals surface area contributed by atoms with Crippen LogP contribution in [0.4, 0.5) is 0 Å². The zero-order valence-electron chi connectivity index (χ0n) is 16.0. The van der Waals surface area contributed by atoms with Gasteiger partial charge in [0.05, 0.1) is 18.2 Å². The van der Waals surface area contributed by atoms with Crippen molar-refractivity contribution < 1.29 is 14.3 Å². The number of esters is 1. The molecule has 27 heavy (non-hydrogen) atoms. The molecule has 0 unspecified atom stereocenters. The van der Waals surface area contributed by atoms with Gasteiger partial charge in [-0.1, -0.05) is 25.2 Å². The summed E-state index contributed by atoms with van der Waals surface area (Å²) >= 11 is 1.17. The van der Waals surface area contributed by atoms with Crippen LogP contribution < -0.4 is 4.80 Å². The van der Waals surface area contributed by atoms with Gasteiger partial charge in [0.15, 0.2) is 4.80 Å². The number of thiazole rings is 1. The minimum atomic E-state index is -0.408. The molecule has 0 aliphatic rings. The van der Waals surface area contributed by atoms with Gasteiger partial charge in [0.1, 0.15) is 4.88 Å². The molecule has 1 aromatic carbocycles. The Hall–Kier alpha value is -2.72. The predicted octanol–water partition coefficient (Wildman–Crippen LogP) is 3.69. The average molecular weight is 385 g/mol. The minimum absolute atomic E-state index is 0.290. The Bertz CT molecular complexity index is 931. The third-order valence-electron chi connectivity index (χ3n) is 4.01. The van der Waals surface area contributed by atoms with Crippen molar-refractivity contribution >= 4 is 23.2 Å². The van der Waals surface area contributed by atoms with E-state index >= 15 is 0 Å². The number of benzene rings is 1. The number of hydrogen-bond donors (Lipinski definition) is 0. The molecule has 0 saturated carbocycles. The third-order valence-corrected chi connectivity index (χ3v) is 5.17. The average Bonchev–Trinajstić information content (AvgIpc) is 2.95. The first-order valence-corrected chi connectivity index (χ1v) is 9.65. The number of carbonyl (C=O) groups excluding carboxylic acids is 2. The highest BCUT2D eigenvalue weighted by atomic mass is 32.1. The summed E-state index contributed by atoms with van der Waals surface area (Å²) in [7, 11) is 0. The van der Waals surface area contributed by atoms with Crippen LogP contribution in [-0.2, 0) is 11.3 Å². The van der Waals surface area contributed by atoms with Crippen molar-refractivity contribution in [3.8, 4) is 6.07 Å². The molecule has 0 aliphatic heterocycles. The molecule has 2 rings (SSSR count). The van der Waals surface area contributed by atoms with Crippen LogP contribution in [0.5, 0.6) is 0 Å². The second-order valence-electron chi connectivity index (χ2n) is 6.46. The first-order chi connectivity index (χ1) is 12.9. The number of carbonyl (C=O) groups is 2. The van der Waals surface area contributed by atoms with Crippen molar-refractivity contribution in [3.63, 3.8) is 0 Å². The van der Waals surface area contributed by atoms with E-state index in [1.165, 1.54) is 11.3 Å². The zero-order valence-corrected chi connectivity index (χ0v) is 16.8. The molecule has 142 valence electrons. The van der Waals surface area contributed by atoms with Crippen molar-refractivity contribution in [2.75, 3.05) is 6.61 Å². The van der Waals surface area contributed by atoms with E-state index < -0.39 is 11.9 Å². The topological polar surface area (TPSA) is 84.4 Å². The quantitative estimate of drug-likeness (QED) is 0.710. The number of hydrogen-bond acceptors (Lipinski definition) is 5. The molecule has 0 saturated heterocycles. The van der Waals surface area contributed by atoms with E-state index in [0.717, 1.165) is 12.1 Å². The van der Waals surface area contributed by atoms with Gasteiger partial charge in [-0.25, -0.2) is 4.79 Å². The third kappa shape index (κ3) is 5.14. The van der Waals surface area contributed by atoms with Gasteiger partial charge < -0.3 is 9.30 Å². The summed E-state index contributed by atoms with van der Waals surface area (Å²) in [5, 5.41) is 8.87. The van der Waals surface area contributed by atoms with Crippen LogP contribution in [-0.4, -0.2) is 23.1 Å². The highest BCUT2D eigenvalue weighted by molar-refractivity contribution is 7.11. The Kier molecular flexibility index (Phi) is 7.08. The van der Waals surface area contributed by atoms with Crippen LogP contribution in [0.15, 0.2) is 29.3 Å². The van der Waals surface area contributed by atoms with Gasteiger partial charge >= 0.3 is 5.97 Å². The van der Waals surface area contributed by atoms with Gasteiger partial charge in [-0.2, -0.15) is 10.3 Å². The van der Waals surface area contributed by atoms with Gasteiger partial charge in [0.2, 0.25) is 0 Å². The number of nitrogens with zero attached hydrogens (tertiary/aromatic N) is 3. The van der Waals surface area contributed by atoms with Crippen molar-refractivity contribution in [2.45, 2.75) is 40.7 Å². The summed E-state index contributed by atoms with van der Waals surface area (Å²) in [6, 6.07) is 8.34. The fourth-order valence-electron chi connectivity index (χ4n) is 2.44. The second kappa shape index (κ2) is 9.28. The zero-order chi connectivity index (χ0) is 20.0. The van der Waals surface area contributed by atoms with E-state index in [0.29, 0.717) is 39.9 Å². The minimum Gasteiger partial charge on any atom is -0.462 e. The highest BCUT2D eigenvalue weighted by Gasteiger charge is 2.18. The first-order valence-electron chi connectivity index (χ1n) is 8.83. The molecule has 0 radical (unpaired) electrons. The molecule has 0 fully saturated rings. The van der Waals surface area contributed by atoms with Gasteiger partial charge in [-0.15, -0.1) is 0 Å². The number of aromatic nitrogens is 1. The molecule has 0 aliphatic carbocycles. The summed E-state index contributed by atoms with van der Waals surface area (Å²) in [6.45, 7) is 8.79. The lowest BCUT2D eigenvalue weighted by molar-refractivity contribution is 0.0530. The van der Waals surface area contributed by atoms with Crippen molar-refractivity contribution in [1.29, 1.82) is 5.26 Å². The maximum atomic E-state index is 12.5. The maximum absolute atomic E-state index is 12.5. The number of amides is 1.